The first-order valence-electron chi connectivity index (χ1n) is 9.41. The van der Waals surface area contributed by atoms with Crippen LogP contribution in [-0.2, 0) is 0 Å². The number of hydrogen-bond donors (Lipinski definition) is 1. The number of halogens is 1. The number of aromatic nitrogens is 1. The highest BCUT2D eigenvalue weighted by molar-refractivity contribution is 7.22. The Morgan fingerprint density at radius 3 is 2.54 bits per heavy atom. The van der Waals surface area contributed by atoms with Crippen molar-refractivity contribution in [2.45, 2.75) is 13.8 Å². The monoisotopic (exact) mass is 418 g/mol. The smallest absolute Gasteiger partial charge is 0.260 e. The number of nitrogens with one attached hydrogen (secondary N) is 1. The average Bonchev–Trinajstić information content (AvgIpc) is 3.13. The number of anilines is 1. The van der Waals surface area contributed by atoms with E-state index >= 15 is 0 Å². The van der Waals surface area contributed by atoms with Gasteiger partial charge in [-0.05, 0) is 56.3 Å². The van der Waals surface area contributed by atoms with Crippen molar-refractivity contribution in [3.8, 4) is 5.75 Å². The van der Waals surface area contributed by atoms with Crippen LogP contribution >= 0.6 is 22.9 Å². The van der Waals surface area contributed by atoms with Gasteiger partial charge in [-0.1, -0.05) is 22.9 Å². The average molecular weight is 419 g/mol. The van der Waals surface area contributed by atoms with Gasteiger partial charge in [-0.3, -0.25) is 9.69 Å². The van der Waals surface area contributed by atoms with Crippen LogP contribution in [0.25, 0.3) is 10.2 Å². The normalized spacial score (nSPS) is 11.2. The van der Waals surface area contributed by atoms with Crippen molar-refractivity contribution in [2.24, 2.45) is 0 Å². The maximum Gasteiger partial charge on any atom is 0.260 e. The van der Waals surface area contributed by atoms with Gasteiger partial charge in [-0.25, -0.2) is 4.98 Å². The number of nitrogens with zero attached hydrogens (tertiary/aromatic N) is 2. The van der Waals surface area contributed by atoms with Crippen molar-refractivity contribution in [3.63, 3.8) is 0 Å². The molecule has 3 aromatic rings. The Hall–Kier alpha value is -2.15. The first-order valence-corrected chi connectivity index (χ1v) is 10.6. The van der Waals surface area contributed by atoms with Gasteiger partial charge >= 0.3 is 0 Å². The Bertz CT molecular complexity index is 938. The lowest BCUT2D eigenvalue weighted by Gasteiger charge is -2.23. The van der Waals surface area contributed by atoms with E-state index in [-0.39, 0.29) is 5.91 Å². The number of likely N-dealkylation sites (N-methyl/N-ethyl adjacent to an activating group) is 1. The Labute approximate surface area is 174 Å². The van der Waals surface area contributed by atoms with Crippen LogP contribution in [-0.4, -0.2) is 44.2 Å². The van der Waals surface area contributed by atoms with Crippen LogP contribution in [0, 0.1) is 0 Å². The van der Waals surface area contributed by atoms with Crippen molar-refractivity contribution >= 4 is 44.2 Å². The molecule has 1 N–H and O–H groups in total. The highest BCUT2D eigenvalue weighted by atomic mass is 35.5. The molecule has 3 rings (SSSR count). The van der Waals surface area contributed by atoms with E-state index in [9.17, 15) is 4.79 Å². The number of carbonyl (C=O) groups is 1. The highest BCUT2D eigenvalue weighted by Crippen LogP contribution is 2.31. The van der Waals surface area contributed by atoms with Crippen LogP contribution < -0.4 is 14.5 Å². The van der Waals surface area contributed by atoms with Gasteiger partial charge in [-0.2, -0.15) is 0 Å². The van der Waals surface area contributed by atoms with Crippen molar-refractivity contribution in [1.29, 1.82) is 0 Å². The number of fused-ring (bicyclic) bond motifs is 1. The molecule has 5 nitrogen and oxygen atoms in total. The number of hydrogen-bond acceptors (Lipinski definition) is 4. The minimum atomic E-state index is -0.0561. The highest BCUT2D eigenvalue weighted by Gasteiger charge is 2.23. The number of quaternary nitrogens is 1. The molecular formula is C21H25ClN3O2S+. The third-order valence-electron chi connectivity index (χ3n) is 4.84. The summed E-state index contributed by atoms with van der Waals surface area (Å²) in [4.78, 5) is 21.2. The van der Waals surface area contributed by atoms with Crippen LogP contribution in [0.3, 0.4) is 0 Å². The van der Waals surface area contributed by atoms with Crippen LogP contribution in [0.2, 0.25) is 5.02 Å². The zero-order chi connectivity index (χ0) is 20.1. The largest absolute Gasteiger partial charge is 0.497 e. The number of ether oxygens (including phenoxy) is 1. The van der Waals surface area contributed by atoms with Gasteiger partial charge in [0.05, 0.1) is 43.5 Å². The van der Waals surface area contributed by atoms with Gasteiger partial charge in [0.2, 0.25) is 0 Å². The molecule has 28 heavy (non-hydrogen) atoms. The Morgan fingerprint density at radius 1 is 1.18 bits per heavy atom. The molecule has 0 aliphatic rings. The Balaban J connectivity index is 1.93. The van der Waals surface area contributed by atoms with Crippen LogP contribution in [0.15, 0.2) is 42.5 Å². The first kappa shape index (κ1) is 20.6. The molecule has 0 fully saturated rings. The van der Waals surface area contributed by atoms with Crippen molar-refractivity contribution in [2.75, 3.05) is 38.2 Å². The number of rotatable bonds is 8. The second-order valence-corrected chi connectivity index (χ2v) is 7.95. The van der Waals surface area contributed by atoms with Crippen LogP contribution in [0.4, 0.5) is 5.13 Å². The lowest BCUT2D eigenvalue weighted by Crippen LogP contribution is -3.12. The molecule has 0 saturated heterocycles. The van der Waals surface area contributed by atoms with Gasteiger partial charge in [0.25, 0.3) is 5.91 Å². The summed E-state index contributed by atoms with van der Waals surface area (Å²) in [5.74, 6) is 0.671. The quantitative estimate of drug-likeness (QED) is 0.608. The Morgan fingerprint density at radius 2 is 1.89 bits per heavy atom. The van der Waals surface area contributed by atoms with E-state index < -0.39 is 0 Å². The summed E-state index contributed by atoms with van der Waals surface area (Å²) in [6.45, 7) is 7.84. The number of carbonyl (C=O) groups excluding carboxylic acids is 1. The second-order valence-electron chi connectivity index (χ2n) is 6.50. The topological polar surface area (TPSA) is 46.9 Å². The fourth-order valence-corrected chi connectivity index (χ4v) is 4.31. The fourth-order valence-electron chi connectivity index (χ4n) is 3.05. The van der Waals surface area contributed by atoms with Crippen LogP contribution in [0.1, 0.15) is 24.2 Å². The minimum Gasteiger partial charge on any atom is -0.497 e. The van der Waals surface area contributed by atoms with E-state index in [1.807, 2.05) is 18.2 Å². The lowest BCUT2D eigenvalue weighted by molar-refractivity contribution is -0.894. The molecule has 0 unspecified atom stereocenters. The summed E-state index contributed by atoms with van der Waals surface area (Å²) in [7, 11) is 1.61. The minimum absolute atomic E-state index is 0.0561. The van der Waals surface area contributed by atoms with Gasteiger partial charge in [0, 0.05) is 10.6 Å². The standard InChI is InChI=1S/C21H24ClN3O2S/c1-4-24(5-2)12-13-25(20(26)15-6-9-17(27-3)10-7-15)21-23-18-11-8-16(22)14-19(18)28-21/h6-11,14H,4-5,12-13H2,1-3H3/p+1. The molecule has 0 spiro atoms. The molecule has 7 heteroatoms. The van der Waals surface area contributed by atoms with Gasteiger partial charge in [0.15, 0.2) is 5.13 Å². The summed E-state index contributed by atoms with van der Waals surface area (Å²) >= 11 is 7.61. The molecular weight excluding hydrogens is 394 g/mol. The summed E-state index contributed by atoms with van der Waals surface area (Å²) in [5.41, 5.74) is 1.47. The predicted octanol–water partition coefficient (Wildman–Crippen LogP) is 3.53. The third kappa shape index (κ3) is 4.63. The van der Waals surface area contributed by atoms with Crippen molar-refractivity contribution < 1.29 is 14.4 Å². The molecule has 0 radical (unpaired) electrons. The molecule has 1 heterocycles. The van der Waals surface area contributed by atoms with E-state index in [2.05, 4.69) is 13.8 Å². The van der Waals surface area contributed by atoms with Gasteiger partial charge in [0.1, 0.15) is 5.75 Å². The summed E-state index contributed by atoms with van der Waals surface area (Å²) in [5, 5.41) is 1.37. The molecule has 0 bridgehead atoms. The van der Waals surface area contributed by atoms with Gasteiger partial charge < -0.3 is 9.64 Å². The van der Waals surface area contributed by atoms with E-state index in [1.165, 1.54) is 16.2 Å². The predicted molar refractivity (Wildman–Crippen MR) is 116 cm³/mol. The SMILES string of the molecule is CC[NH+](CC)CCN(C(=O)c1ccc(OC)cc1)c1nc2ccc(Cl)cc2s1. The van der Waals surface area contributed by atoms with Gasteiger partial charge in [-0.15, -0.1) is 0 Å². The van der Waals surface area contributed by atoms with Crippen molar-refractivity contribution in [1.82, 2.24) is 4.98 Å². The molecule has 148 valence electrons. The molecule has 1 aromatic heterocycles. The lowest BCUT2D eigenvalue weighted by atomic mass is 10.2. The number of amides is 1. The Kier molecular flexibility index (Phi) is 6.88. The maximum absolute atomic E-state index is 13.3. The zero-order valence-corrected chi connectivity index (χ0v) is 17.9. The number of methoxy groups -OCH3 is 1. The van der Waals surface area contributed by atoms with Crippen molar-refractivity contribution in [3.05, 3.63) is 53.1 Å². The third-order valence-corrected chi connectivity index (χ3v) is 6.12. The van der Waals surface area contributed by atoms with E-state index in [1.54, 1.807) is 36.3 Å². The second kappa shape index (κ2) is 9.37. The number of thiazole rings is 1. The molecule has 0 aliphatic heterocycles. The number of benzene rings is 2. The van der Waals surface area contributed by atoms with Crippen LogP contribution in [0.5, 0.6) is 5.75 Å². The molecule has 0 aliphatic carbocycles. The fraction of sp³-hybridized carbons (Fsp3) is 0.333. The van der Waals surface area contributed by atoms with E-state index in [4.69, 9.17) is 21.3 Å². The van der Waals surface area contributed by atoms with E-state index in [0.717, 1.165) is 35.6 Å². The molecule has 1 amide bonds. The molecule has 0 atom stereocenters. The zero-order valence-electron chi connectivity index (χ0n) is 16.4. The summed E-state index contributed by atoms with van der Waals surface area (Å²) in [6, 6.07) is 12.8. The summed E-state index contributed by atoms with van der Waals surface area (Å²) in [6.07, 6.45) is 0. The molecule has 2 aromatic carbocycles. The summed E-state index contributed by atoms with van der Waals surface area (Å²) < 4.78 is 6.18. The van der Waals surface area contributed by atoms with E-state index in [0.29, 0.717) is 22.3 Å². The molecule has 0 saturated carbocycles. The first-order chi connectivity index (χ1) is 13.5. The maximum atomic E-state index is 13.3.